The molecule has 0 amide bonds. The van der Waals surface area contributed by atoms with Gasteiger partial charge >= 0.3 is 0 Å². The minimum atomic E-state index is -0.335. The van der Waals surface area contributed by atoms with Crippen LogP contribution in [-0.2, 0) is 17.8 Å². The number of aliphatic hydroxyl groups excluding tert-OH is 2. The smallest absolute Gasteiger partial charge is 0.124 e. The van der Waals surface area contributed by atoms with Crippen molar-refractivity contribution in [3.05, 3.63) is 77.1 Å². The molecule has 6 nitrogen and oxygen atoms in total. The van der Waals surface area contributed by atoms with Gasteiger partial charge in [-0.1, -0.05) is 18.2 Å². The second-order valence-corrected chi connectivity index (χ2v) is 7.78. The second kappa shape index (κ2) is 7.80. The maximum Gasteiger partial charge on any atom is 0.124 e. The molecule has 6 heteroatoms. The SMILES string of the molecule is COc1ccccc1C1C(CO)OCCN1c1ccc2c(c1)Cc1c(CO)ccn1-2. The van der Waals surface area contributed by atoms with E-state index in [0.717, 1.165) is 46.9 Å². The number of anilines is 1. The van der Waals surface area contributed by atoms with Crippen LogP contribution in [0.1, 0.15) is 28.4 Å². The van der Waals surface area contributed by atoms with Crippen molar-refractivity contribution in [2.75, 3.05) is 31.8 Å². The Balaban J connectivity index is 1.54. The third-order valence-corrected chi connectivity index (χ3v) is 6.26. The van der Waals surface area contributed by atoms with E-state index < -0.39 is 0 Å². The van der Waals surface area contributed by atoms with Gasteiger partial charge in [0.15, 0.2) is 0 Å². The molecule has 1 fully saturated rings. The van der Waals surface area contributed by atoms with E-state index in [4.69, 9.17) is 9.47 Å². The summed E-state index contributed by atoms with van der Waals surface area (Å²) in [5.74, 6) is 0.793. The van der Waals surface area contributed by atoms with Crippen molar-refractivity contribution in [2.45, 2.75) is 25.2 Å². The number of aromatic nitrogens is 1. The molecule has 1 aromatic heterocycles. The number of hydrogen-bond donors (Lipinski definition) is 2. The lowest BCUT2D eigenvalue weighted by molar-refractivity contribution is -0.0234. The van der Waals surface area contributed by atoms with Crippen LogP contribution >= 0.6 is 0 Å². The highest BCUT2D eigenvalue weighted by Gasteiger charge is 2.35. The van der Waals surface area contributed by atoms with E-state index in [2.05, 4.69) is 27.7 Å². The lowest BCUT2D eigenvalue weighted by atomic mass is 9.96. The van der Waals surface area contributed by atoms with Crippen molar-refractivity contribution in [2.24, 2.45) is 0 Å². The number of aliphatic hydroxyl groups is 2. The van der Waals surface area contributed by atoms with Crippen molar-refractivity contribution in [3.8, 4) is 11.4 Å². The topological polar surface area (TPSA) is 67.1 Å². The zero-order chi connectivity index (χ0) is 20.7. The van der Waals surface area contributed by atoms with Crippen molar-refractivity contribution in [1.29, 1.82) is 0 Å². The fourth-order valence-corrected chi connectivity index (χ4v) is 4.84. The number of para-hydroxylation sites is 1. The van der Waals surface area contributed by atoms with Crippen LogP contribution in [0.25, 0.3) is 5.69 Å². The Hall–Kier alpha value is -2.80. The van der Waals surface area contributed by atoms with E-state index in [9.17, 15) is 10.2 Å². The Bertz CT molecular complexity index is 1060. The molecule has 2 aliphatic rings. The van der Waals surface area contributed by atoms with Crippen molar-refractivity contribution < 1.29 is 19.7 Å². The van der Waals surface area contributed by atoms with Crippen LogP contribution in [0.15, 0.2) is 54.7 Å². The molecule has 2 atom stereocenters. The quantitative estimate of drug-likeness (QED) is 0.534. The molecular weight excluding hydrogens is 380 g/mol. The average Bonchev–Trinajstić information content (AvgIpc) is 3.36. The molecule has 0 radical (unpaired) electrons. The van der Waals surface area contributed by atoms with E-state index in [1.54, 1.807) is 7.11 Å². The Kier molecular flexibility index (Phi) is 4.98. The predicted molar refractivity (Wildman–Crippen MR) is 114 cm³/mol. The van der Waals surface area contributed by atoms with Gasteiger partial charge in [-0.05, 0) is 41.5 Å². The maximum absolute atomic E-state index is 10.0. The molecule has 0 saturated carbocycles. The molecule has 0 bridgehead atoms. The van der Waals surface area contributed by atoms with Gasteiger partial charge in [0.2, 0.25) is 0 Å². The third-order valence-electron chi connectivity index (χ3n) is 6.26. The molecule has 0 spiro atoms. The summed E-state index contributed by atoms with van der Waals surface area (Å²) < 4.78 is 13.7. The molecule has 0 aliphatic carbocycles. The highest BCUT2D eigenvalue weighted by molar-refractivity contribution is 5.62. The normalized spacial score (nSPS) is 20.2. The highest BCUT2D eigenvalue weighted by Crippen LogP contribution is 2.40. The largest absolute Gasteiger partial charge is 0.496 e. The molecule has 2 N–H and O–H groups in total. The van der Waals surface area contributed by atoms with E-state index >= 15 is 0 Å². The van der Waals surface area contributed by atoms with E-state index in [1.807, 2.05) is 36.5 Å². The van der Waals surface area contributed by atoms with Crippen LogP contribution in [-0.4, -0.2) is 47.8 Å². The van der Waals surface area contributed by atoms with E-state index in [0.29, 0.717) is 6.61 Å². The summed E-state index contributed by atoms with van der Waals surface area (Å²) in [6.45, 7) is 1.28. The summed E-state index contributed by atoms with van der Waals surface area (Å²) in [5.41, 5.74) is 6.64. The molecular formula is C24H26N2O4. The van der Waals surface area contributed by atoms with Crippen molar-refractivity contribution >= 4 is 5.69 Å². The lowest BCUT2D eigenvalue weighted by Gasteiger charge is -2.42. The number of fused-ring (bicyclic) bond motifs is 3. The van der Waals surface area contributed by atoms with Crippen LogP contribution in [0.4, 0.5) is 5.69 Å². The van der Waals surface area contributed by atoms with Gasteiger partial charge in [-0.2, -0.15) is 0 Å². The molecule has 5 rings (SSSR count). The Labute approximate surface area is 175 Å². The first-order chi connectivity index (χ1) is 14.7. The van der Waals surface area contributed by atoms with Crippen LogP contribution < -0.4 is 9.64 Å². The molecule has 3 heterocycles. The summed E-state index contributed by atoms with van der Waals surface area (Å²) in [5, 5.41) is 19.7. The first kappa shape index (κ1) is 19.2. The number of morpholine rings is 1. The number of hydrogen-bond acceptors (Lipinski definition) is 5. The number of methoxy groups -OCH3 is 1. The molecule has 30 heavy (non-hydrogen) atoms. The van der Waals surface area contributed by atoms with Crippen molar-refractivity contribution in [3.63, 3.8) is 0 Å². The minimum Gasteiger partial charge on any atom is -0.496 e. The molecule has 3 aromatic rings. The number of rotatable bonds is 5. The van der Waals surface area contributed by atoms with Crippen LogP contribution in [0.2, 0.25) is 0 Å². The number of benzene rings is 2. The molecule has 2 aromatic carbocycles. The van der Waals surface area contributed by atoms with Crippen molar-refractivity contribution in [1.82, 2.24) is 4.57 Å². The molecule has 1 saturated heterocycles. The summed E-state index contributed by atoms with van der Waals surface area (Å²) in [4.78, 5) is 2.31. The fraction of sp³-hybridized carbons (Fsp3) is 0.333. The monoisotopic (exact) mass is 406 g/mol. The van der Waals surface area contributed by atoms with Crippen LogP contribution in [0.5, 0.6) is 5.75 Å². The zero-order valence-electron chi connectivity index (χ0n) is 17.0. The van der Waals surface area contributed by atoms with Gasteiger partial charge in [0.1, 0.15) is 11.9 Å². The standard InChI is InChI=1S/C24H26N2O4/c1-29-22-5-3-2-4-19(22)24-23(15-28)30-11-10-25(24)18-6-7-20-17(12-18)13-21-16(14-27)8-9-26(20)21/h2-9,12,23-24,27-28H,10-11,13-15H2,1H3. The van der Waals surface area contributed by atoms with E-state index in [-0.39, 0.29) is 25.4 Å². The summed E-state index contributed by atoms with van der Waals surface area (Å²) >= 11 is 0. The van der Waals surface area contributed by atoms with Gasteiger partial charge in [0.05, 0.1) is 33.0 Å². The highest BCUT2D eigenvalue weighted by atomic mass is 16.5. The zero-order valence-corrected chi connectivity index (χ0v) is 17.0. The number of ether oxygens (including phenoxy) is 2. The van der Waals surface area contributed by atoms with E-state index in [1.165, 1.54) is 5.56 Å². The minimum absolute atomic E-state index is 0.0562. The van der Waals surface area contributed by atoms with Gasteiger partial charge in [-0.3, -0.25) is 0 Å². The van der Waals surface area contributed by atoms with Gasteiger partial charge in [-0.25, -0.2) is 0 Å². The molecule has 2 aliphatic heterocycles. The fourth-order valence-electron chi connectivity index (χ4n) is 4.84. The predicted octanol–water partition coefficient (Wildman–Crippen LogP) is 2.82. The lowest BCUT2D eigenvalue weighted by Crippen LogP contribution is -2.47. The number of nitrogens with zero attached hydrogens (tertiary/aromatic N) is 2. The summed E-state index contributed by atoms with van der Waals surface area (Å²) in [6, 6.07) is 16.3. The third kappa shape index (κ3) is 2.99. The molecule has 2 unspecified atom stereocenters. The summed E-state index contributed by atoms with van der Waals surface area (Å²) in [7, 11) is 1.67. The maximum atomic E-state index is 10.0. The van der Waals surface area contributed by atoms with Crippen LogP contribution in [0, 0.1) is 0 Å². The van der Waals surface area contributed by atoms with Gasteiger partial charge in [0.25, 0.3) is 0 Å². The van der Waals surface area contributed by atoms with Crippen LogP contribution in [0.3, 0.4) is 0 Å². The van der Waals surface area contributed by atoms with Gasteiger partial charge in [-0.15, -0.1) is 0 Å². The van der Waals surface area contributed by atoms with Gasteiger partial charge in [0, 0.05) is 41.8 Å². The molecule has 156 valence electrons. The summed E-state index contributed by atoms with van der Waals surface area (Å²) in [6.07, 6.45) is 2.50. The first-order valence-electron chi connectivity index (χ1n) is 10.3. The Morgan fingerprint density at radius 1 is 1.13 bits per heavy atom. The first-order valence-corrected chi connectivity index (χ1v) is 10.3. The van der Waals surface area contributed by atoms with Gasteiger partial charge < -0.3 is 29.2 Å². The second-order valence-electron chi connectivity index (χ2n) is 7.78. The Morgan fingerprint density at radius 3 is 2.80 bits per heavy atom. The Morgan fingerprint density at radius 2 is 2.00 bits per heavy atom. The average molecular weight is 406 g/mol.